The average molecular weight is 345 g/mol. The largest absolute Gasteiger partial charge is 0.389 e. The zero-order valence-electron chi connectivity index (χ0n) is 15.1. The molecule has 0 bridgehead atoms. The summed E-state index contributed by atoms with van der Waals surface area (Å²) in [6, 6.07) is 16.5. The van der Waals surface area contributed by atoms with Crippen LogP contribution in [0.15, 0.2) is 54.6 Å². The van der Waals surface area contributed by atoms with Crippen molar-refractivity contribution >= 4 is 0 Å². The predicted octanol–water partition coefficient (Wildman–Crippen LogP) is 3.86. The molecule has 2 aromatic carbocycles. The molecule has 0 amide bonds. The molecule has 0 spiro atoms. The summed E-state index contributed by atoms with van der Waals surface area (Å²) in [5.74, 6) is 0.256. The standard InChI is InChI=1S/C21H28FNO2/c1-17(2)12-23(13-18-8-10-20(22)11-9-18)14-21(24)16-25-15-19-6-4-3-5-7-19/h3-11,17,21,24H,12-16H2,1-2H3. The molecule has 25 heavy (non-hydrogen) atoms. The van der Waals surface area contributed by atoms with Crippen LogP contribution in [0.2, 0.25) is 0 Å². The molecular weight excluding hydrogens is 317 g/mol. The van der Waals surface area contributed by atoms with E-state index in [2.05, 4.69) is 18.7 Å². The number of rotatable bonds is 10. The first-order valence-electron chi connectivity index (χ1n) is 8.79. The van der Waals surface area contributed by atoms with Crippen LogP contribution in [0.1, 0.15) is 25.0 Å². The maximum atomic E-state index is 13.1. The van der Waals surface area contributed by atoms with Gasteiger partial charge in [-0.05, 0) is 29.2 Å². The third-order valence-electron chi connectivity index (χ3n) is 3.83. The Morgan fingerprint density at radius 1 is 0.960 bits per heavy atom. The van der Waals surface area contributed by atoms with Crippen molar-refractivity contribution in [3.8, 4) is 0 Å². The van der Waals surface area contributed by atoms with Crippen molar-refractivity contribution in [3.63, 3.8) is 0 Å². The number of aliphatic hydroxyl groups excluding tert-OH is 1. The van der Waals surface area contributed by atoms with E-state index >= 15 is 0 Å². The Hall–Kier alpha value is -1.75. The molecule has 0 saturated carbocycles. The van der Waals surface area contributed by atoms with E-state index in [0.29, 0.717) is 32.2 Å². The summed E-state index contributed by atoms with van der Waals surface area (Å²) in [5.41, 5.74) is 2.14. The number of aliphatic hydroxyl groups is 1. The van der Waals surface area contributed by atoms with Gasteiger partial charge in [-0.3, -0.25) is 4.90 Å². The van der Waals surface area contributed by atoms with Crippen molar-refractivity contribution in [2.75, 3.05) is 19.7 Å². The fourth-order valence-corrected chi connectivity index (χ4v) is 2.81. The second kappa shape index (κ2) is 10.3. The molecular formula is C21H28FNO2. The van der Waals surface area contributed by atoms with Gasteiger partial charge in [0.2, 0.25) is 0 Å². The molecule has 0 heterocycles. The number of halogens is 1. The molecule has 0 aliphatic rings. The van der Waals surface area contributed by atoms with Crippen LogP contribution in [0, 0.1) is 11.7 Å². The monoisotopic (exact) mass is 345 g/mol. The molecule has 1 N–H and O–H groups in total. The smallest absolute Gasteiger partial charge is 0.123 e. The Kier molecular flexibility index (Phi) is 8.06. The zero-order chi connectivity index (χ0) is 18.1. The first-order chi connectivity index (χ1) is 12.0. The fourth-order valence-electron chi connectivity index (χ4n) is 2.81. The van der Waals surface area contributed by atoms with Crippen molar-refractivity contribution in [3.05, 3.63) is 71.5 Å². The molecule has 0 aliphatic heterocycles. The van der Waals surface area contributed by atoms with Crippen LogP contribution in [-0.2, 0) is 17.9 Å². The first-order valence-corrected chi connectivity index (χ1v) is 8.79. The van der Waals surface area contributed by atoms with E-state index in [1.54, 1.807) is 12.1 Å². The van der Waals surface area contributed by atoms with Crippen LogP contribution in [0.25, 0.3) is 0 Å². The minimum Gasteiger partial charge on any atom is -0.389 e. The van der Waals surface area contributed by atoms with Crippen LogP contribution in [0.5, 0.6) is 0 Å². The van der Waals surface area contributed by atoms with Gasteiger partial charge >= 0.3 is 0 Å². The zero-order valence-corrected chi connectivity index (χ0v) is 15.1. The second-order valence-corrected chi connectivity index (χ2v) is 6.87. The van der Waals surface area contributed by atoms with Gasteiger partial charge < -0.3 is 9.84 Å². The lowest BCUT2D eigenvalue weighted by Crippen LogP contribution is -2.36. The lowest BCUT2D eigenvalue weighted by molar-refractivity contribution is 0.00678. The number of hydrogen-bond acceptors (Lipinski definition) is 3. The third-order valence-corrected chi connectivity index (χ3v) is 3.83. The highest BCUT2D eigenvalue weighted by Gasteiger charge is 2.14. The lowest BCUT2D eigenvalue weighted by atomic mass is 10.1. The first kappa shape index (κ1) is 19.6. The molecule has 136 valence electrons. The van der Waals surface area contributed by atoms with Crippen LogP contribution < -0.4 is 0 Å². The van der Waals surface area contributed by atoms with E-state index in [1.165, 1.54) is 12.1 Å². The average Bonchev–Trinajstić information content (AvgIpc) is 2.57. The number of nitrogens with zero attached hydrogens (tertiary/aromatic N) is 1. The second-order valence-electron chi connectivity index (χ2n) is 6.87. The van der Waals surface area contributed by atoms with Gasteiger partial charge in [0.05, 0.1) is 19.3 Å². The summed E-state index contributed by atoms with van der Waals surface area (Å²) in [6.45, 7) is 7.19. The Morgan fingerprint density at radius 2 is 1.64 bits per heavy atom. The third kappa shape index (κ3) is 7.78. The molecule has 0 aliphatic carbocycles. The van der Waals surface area contributed by atoms with Crippen LogP contribution >= 0.6 is 0 Å². The van der Waals surface area contributed by atoms with Crippen molar-refractivity contribution in [2.45, 2.75) is 33.1 Å². The minimum absolute atomic E-state index is 0.228. The summed E-state index contributed by atoms with van der Waals surface area (Å²) in [6.07, 6.45) is -0.553. The Bertz CT molecular complexity index is 601. The van der Waals surface area contributed by atoms with Gasteiger partial charge in [0.25, 0.3) is 0 Å². The highest BCUT2D eigenvalue weighted by Crippen LogP contribution is 2.10. The Morgan fingerprint density at radius 3 is 2.28 bits per heavy atom. The molecule has 1 unspecified atom stereocenters. The highest BCUT2D eigenvalue weighted by molar-refractivity contribution is 5.16. The molecule has 0 fully saturated rings. The summed E-state index contributed by atoms with van der Waals surface area (Å²) < 4.78 is 18.7. The van der Waals surface area contributed by atoms with Crippen LogP contribution in [0.4, 0.5) is 4.39 Å². The van der Waals surface area contributed by atoms with Crippen molar-refractivity contribution in [1.29, 1.82) is 0 Å². The molecule has 0 aromatic heterocycles. The summed E-state index contributed by atoms with van der Waals surface area (Å²) in [5, 5.41) is 10.3. The van der Waals surface area contributed by atoms with Crippen molar-refractivity contribution < 1.29 is 14.2 Å². The SMILES string of the molecule is CC(C)CN(Cc1ccc(F)cc1)CC(O)COCc1ccccc1. The van der Waals surface area contributed by atoms with Gasteiger partial charge in [0, 0.05) is 19.6 Å². The van der Waals surface area contributed by atoms with Crippen LogP contribution in [-0.4, -0.2) is 35.8 Å². The molecule has 1 atom stereocenters. The maximum Gasteiger partial charge on any atom is 0.123 e. The summed E-state index contributed by atoms with van der Waals surface area (Å²) in [4.78, 5) is 2.19. The molecule has 0 saturated heterocycles. The topological polar surface area (TPSA) is 32.7 Å². The molecule has 4 heteroatoms. The Labute approximate surface area is 150 Å². The quantitative estimate of drug-likeness (QED) is 0.710. The summed E-state index contributed by atoms with van der Waals surface area (Å²) >= 11 is 0. The van der Waals surface area contributed by atoms with E-state index in [4.69, 9.17) is 4.74 Å². The minimum atomic E-state index is -0.553. The van der Waals surface area contributed by atoms with E-state index in [1.807, 2.05) is 30.3 Å². The van der Waals surface area contributed by atoms with Gasteiger partial charge in [-0.15, -0.1) is 0 Å². The predicted molar refractivity (Wildman–Crippen MR) is 98.6 cm³/mol. The summed E-state index contributed by atoms with van der Waals surface area (Å²) in [7, 11) is 0. The molecule has 2 rings (SSSR count). The number of benzene rings is 2. The molecule has 2 aromatic rings. The van der Waals surface area contributed by atoms with Gasteiger partial charge in [0.1, 0.15) is 5.82 Å². The molecule has 3 nitrogen and oxygen atoms in total. The molecule has 0 radical (unpaired) electrons. The highest BCUT2D eigenvalue weighted by atomic mass is 19.1. The Balaban J connectivity index is 1.81. The van der Waals surface area contributed by atoms with Crippen LogP contribution in [0.3, 0.4) is 0 Å². The fraction of sp³-hybridized carbons (Fsp3) is 0.429. The van der Waals surface area contributed by atoms with E-state index in [9.17, 15) is 9.50 Å². The van der Waals surface area contributed by atoms with Gasteiger partial charge in [-0.2, -0.15) is 0 Å². The number of ether oxygens (including phenoxy) is 1. The van der Waals surface area contributed by atoms with Gasteiger partial charge in [-0.25, -0.2) is 4.39 Å². The van der Waals surface area contributed by atoms with E-state index < -0.39 is 6.10 Å². The lowest BCUT2D eigenvalue weighted by Gasteiger charge is -2.26. The van der Waals surface area contributed by atoms with E-state index in [0.717, 1.165) is 17.7 Å². The van der Waals surface area contributed by atoms with Crippen molar-refractivity contribution in [2.24, 2.45) is 5.92 Å². The number of hydrogen-bond donors (Lipinski definition) is 1. The normalized spacial score (nSPS) is 12.7. The maximum absolute atomic E-state index is 13.1. The van der Waals surface area contributed by atoms with Gasteiger partial charge in [-0.1, -0.05) is 56.3 Å². The van der Waals surface area contributed by atoms with E-state index in [-0.39, 0.29) is 5.82 Å². The van der Waals surface area contributed by atoms with Crippen molar-refractivity contribution in [1.82, 2.24) is 4.90 Å². The van der Waals surface area contributed by atoms with Gasteiger partial charge in [0.15, 0.2) is 0 Å².